The molecule has 25 heavy (non-hydrogen) atoms. The Morgan fingerprint density at radius 3 is 1.92 bits per heavy atom. The summed E-state index contributed by atoms with van der Waals surface area (Å²) in [5.41, 5.74) is 16.7. The van der Waals surface area contributed by atoms with Gasteiger partial charge in [0.25, 0.3) is 0 Å². The molecular weight excluding hydrogens is 308 g/mol. The van der Waals surface area contributed by atoms with Gasteiger partial charge in [0, 0.05) is 22.9 Å². The fraction of sp³-hybridized carbons (Fsp3) is 0.455. The van der Waals surface area contributed by atoms with Gasteiger partial charge in [-0.3, -0.25) is 0 Å². The molecule has 0 saturated carbocycles. The van der Waals surface area contributed by atoms with Crippen LogP contribution in [0.2, 0.25) is 0 Å². The number of nitrogen functional groups attached to an aromatic ring is 2. The van der Waals surface area contributed by atoms with E-state index in [1.165, 1.54) is 11.1 Å². The second-order valence-corrected chi connectivity index (χ2v) is 7.88. The van der Waals surface area contributed by atoms with Crippen molar-refractivity contribution < 1.29 is 5.11 Å². The minimum absolute atomic E-state index is 0.270. The number of rotatable bonds is 7. The Morgan fingerprint density at radius 1 is 0.800 bits per heavy atom. The van der Waals surface area contributed by atoms with E-state index in [4.69, 9.17) is 11.5 Å². The molecule has 3 heteroatoms. The summed E-state index contributed by atoms with van der Waals surface area (Å²) in [4.78, 5) is 0. The first-order valence-corrected chi connectivity index (χ1v) is 9.20. The lowest BCUT2D eigenvalue weighted by molar-refractivity contribution is 0.151. The maximum atomic E-state index is 10.6. The van der Waals surface area contributed by atoms with Crippen molar-refractivity contribution in [1.29, 1.82) is 0 Å². The Kier molecular flexibility index (Phi) is 6.49. The average Bonchev–Trinajstić information content (AvgIpc) is 2.53. The highest BCUT2D eigenvalue weighted by molar-refractivity contribution is 5.52. The predicted molar refractivity (Wildman–Crippen MR) is 107 cm³/mol. The molecule has 0 aliphatic rings. The molecule has 0 heterocycles. The normalized spacial score (nSPS) is 14.0. The topological polar surface area (TPSA) is 72.3 Å². The molecule has 2 unspecified atom stereocenters. The third-order valence-corrected chi connectivity index (χ3v) is 4.61. The van der Waals surface area contributed by atoms with Gasteiger partial charge in [0.2, 0.25) is 0 Å². The number of hydrogen-bond donors (Lipinski definition) is 3. The van der Waals surface area contributed by atoms with E-state index in [2.05, 4.69) is 52.0 Å². The molecule has 5 N–H and O–H groups in total. The molecule has 0 spiro atoms. The van der Waals surface area contributed by atoms with Crippen LogP contribution in [0.15, 0.2) is 42.5 Å². The quantitative estimate of drug-likeness (QED) is 0.613. The highest BCUT2D eigenvalue weighted by Gasteiger charge is 2.19. The monoisotopic (exact) mass is 340 g/mol. The van der Waals surface area contributed by atoms with Gasteiger partial charge in [-0.2, -0.15) is 0 Å². The van der Waals surface area contributed by atoms with Crippen LogP contribution < -0.4 is 11.5 Å². The zero-order valence-electron chi connectivity index (χ0n) is 15.9. The summed E-state index contributed by atoms with van der Waals surface area (Å²) in [7, 11) is 0. The van der Waals surface area contributed by atoms with E-state index in [9.17, 15) is 5.11 Å². The number of aliphatic hydroxyl groups is 1. The molecule has 3 nitrogen and oxygen atoms in total. The van der Waals surface area contributed by atoms with Gasteiger partial charge in [-0.15, -0.1) is 0 Å². The largest absolute Gasteiger partial charge is 0.399 e. The van der Waals surface area contributed by atoms with Crippen molar-refractivity contribution in [1.82, 2.24) is 0 Å². The molecule has 0 saturated heterocycles. The first-order chi connectivity index (χ1) is 11.8. The van der Waals surface area contributed by atoms with E-state index in [1.807, 2.05) is 18.2 Å². The molecule has 0 aromatic heterocycles. The van der Waals surface area contributed by atoms with Crippen LogP contribution in [0.4, 0.5) is 11.4 Å². The van der Waals surface area contributed by atoms with E-state index in [0.29, 0.717) is 23.9 Å². The number of benzene rings is 2. The lowest BCUT2D eigenvalue weighted by Gasteiger charge is -2.23. The predicted octanol–water partition coefficient (Wildman–Crippen LogP) is 5.11. The maximum Gasteiger partial charge on any atom is 0.0812 e. The van der Waals surface area contributed by atoms with Gasteiger partial charge in [-0.25, -0.2) is 0 Å². The molecule has 0 fully saturated rings. The molecule has 136 valence electrons. The number of nitrogens with two attached hydrogens (primary N) is 2. The zero-order chi connectivity index (χ0) is 18.6. The van der Waals surface area contributed by atoms with E-state index >= 15 is 0 Å². The lowest BCUT2D eigenvalue weighted by atomic mass is 9.83. The van der Waals surface area contributed by atoms with Gasteiger partial charge in [-0.05, 0) is 54.0 Å². The van der Waals surface area contributed by atoms with Crippen LogP contribution in [0.1, 0.15) is 69.2 Å². The van der Waals surface area contributed by atoms with Crippen LogP contribution in [-0.4, -0.2) is 5.11 Å². The van der Waals surface area contributed by atoms with Crippen LogP contribution in [0.3, 0.4) is 0 Å². The van der Waals surface area contributed by atoms with Crippen molar-refractivity contribution >= 4 is 11.4 Å². The van der Waals surface area contributed by atoms with Gasteiger partial charge in [-0.1, -0.05) is 52.0 Å². The standard InChI is InChI=1S/C22H32N2O/c1-14(2)11-19(16-5-8-18(23)9-6-16)17-7-10-21(24)20(13-17)22(25)12-15(3)4/h5-10,13-15,19,22,25H,11-12,23-24H2,1-4H3. The van der Waals surface area contributed by atoms with Crippen molar-refractivity contribution in [3.63, 3.8) is 0 Å². The number of aliphatic hydroxyl groups excluding tert-OH is 1. The molecule has 0 aliphatic heterocycles. The van der Waals surface area contributed by atoms with Crippen LogP contribution in [0, 0.1) is 11.8 Å². The van der Waals surface area contributed by atoms with Gasteiger partial charge < -0.3 is 16.6 Å². The lowest BCUT2D eigenvalue weighted by Crippen LogP contribution is -2.09. The summed E-state index contributed by atoms with van der Waals surface area (Å²) < 4.78 is 0. The van der Waals surface area contributed by atoms with E-state index in [-0.39, 0.29) is 5.92 Å². The Labute approximate surface area is 152 Å². The zero-order valence-corrected chi connectivity index (χ0v) is 15.9. The van der Waals surface area contributed by atoms with Crippen LogP contribution in [0.5, 0.6) is 0 Å². The third-order valence-electron chi connectivity index (χ3n) is 4.61. The molecule has 2 atom stereocenters. The van der Waals surface area contributed by atoms with Crippen molar-refractivity contribution in [3.05, 3.63) is 59.2 Å². The van der Waals surface area contributed by atoms with Crippen molar-refractivity contribution in [2.24, 2.45) is 11.8 Å². The minimum Gasteiger partial charge on any atom is -0.399 e. The summed E-state index contributed by atoms with van der Waals surface area (Å²) in [6, 6.07) is 14.2. The SMILES string of the molecule is CC(C)CC(O)c1cc(C(CC(C)C)c2ccc(N)cc2)ccc1N. The van der Waals surface area contributed by atoms with E-state index < -0.39 is 6.10 Å². The molecule has 2 rings (SSSR count). The van der Waals surface area contributed by atoms with Gasteiger partial charge in [0.1, 0.15) is 0 Å². The number of anilines is 2. The van der Waals surface area contributed by atoms with E-state index in [1.54, 1.807) is 0 Å². The van der Waals surface area contributed by atoms with Gasteiger partial charge in [0.15, 0.2) is 0 Å². The molecule has 0 aliphatic carbocycles. The Balaban J connectivity index is 2.41. The molecule has 2 aromatic rings. The minimum atomic E-state index is -0.522. The van der Waals surface area contributed by atoms with E-state index in [0.717, 1.165) is 17.7 Å². The van der Waals surface area contributed by atoms with Crippen molar-refractivity contribution in [2.45, 2.75) is 52.6 Å². The third kappa shape index (κ3) is 5.23. The second kappa shape index (κ2) is 8.39. The number of hydrogen-bond acceptors (Lipinski definition) is 3. The first kappa shape index (κ1) is 19.3. The Hall–Kier alpha value is -2.00. The fourth-order valence-electron chi connectivity index (χ4n) is 3.34. The van der Waals surface area contributed by atoms with Crippen molar-refractivity contribution in [2.75, 3.05) is 11.5 Å². The summed E-state index contributed by atoms with van der Waals surface area (Å²) in [5.74, 6) is 1.25. The van der Waals surface area contributed by atoms with Crippen LogP contribution in [-0.2, 0) is 0 Å². The highest BCUT2D eigenvalue weighted by Crippen LogP contribution is 2.35. The summed E-state index contributed by atoms with van der Waals surface area (Å²) >= 11 is 0. The first-order valence-electron chi connectivity index (χ1n) is 9.20. The fourth-order valence-corrected chi connectivity index (χ4v) is 3.34. The van der Waals surface area contributed by atoms with Gasteiger partial charge >= 0.3 is 0 Å². The average molecular weight is 341 g/mol. The summed E-state index contributed by atoms with van der Waals surface area (Å²) in [5, 5.41) is 10.6. The second-order valence-electron chi connectivity index (χ2n) is 7.88. The molecule has 0 bridgehead atoms. The smallest absolute Gasteiger partial charge is 0.0812 e. The highest BCUT2D eigenvalue weighted by atomic mass is 16.3. The molecular formula is C22H32N2O. The van der Waals surface area contributed by atoms with Crippen LogP contribution >= 0.6 is 0 Å². The molecule has 0 radical (unpaired) electrons. The molecule has 0 amide bonds. The van der Waals surface area contributed by atoms with Crippen LogP contribution in [0.25, 0.3) is 0 Å². The summed E-state index contributed by atoms with van der Waals surface area (Å²) in [6.45, 7) is 8.69. The summed E-state index contributed by atoms with van der Waals surface area (Å²) in [6.07, 6.45) is 1.23. The Morgan fingerprint density at radius 2 is 1.36 bits per heavy atom. The maximum absolute atomic E-state index is 10.6. The van der Waals surface area contributed by atoms with Crippen molar-refractivity contribution in [3.8, 4) is 0 Å². The Bertz CT molecular complexity index is 677. The van der Waals surface area contributed by atoms with Gasteiger partial charge in [0.05, 0.1) is 6.10 Å². The molecule has 2 aromatic carbocycles.